The van der Waals surface area contributed by atoms with Crippen molar-refractivity contribution in [1.29, 1.82) is 0 Å². The number of hydrogen-bond donors (Lipinski definition) is 0. The number of amides is 1. The minimum absolute atomic E-state index is 0.0238. The average molecular weight is 320 g/mol. The van der Waals surface area contributed by atoms with Gasteiger partial charge < -0.3 is 19.1 Å². The summed E-state index contributed by atoms with van der Waals surface area (Å²) in [7, 11) is 1.54. The van der Waals surface area contributed by atoms with Crippen LogP contribution < -0.4 is 0 Å². The molecule has 2 fully saturated rings. The lowest BCUT2D eigenvalue weighted by atomic mass is 9.84. The van der Waals surface area contributed by atoms with E-state index in [0.717, 1.165) is 18.4 Å². The van der Waals surface area contributed by atoms with Gasteiger partial charge in [-0.05, 0) is 30.5 Å². The molecule has 0 unspecified atom stereocenters. The third kappa shape index (κ3) is 3.71. The number of aromatic nitrogens is 1. The number of carbonyl (C=O) groups is 1. The number of aryl methyl sites for hydroxylation is 1. The zero-order chi connectivity index (χ0) is 16.3. The molecule has 0 saturated carbocycles. The second-order valence-corrected chi connectivity index (χ2v) is 6.44. The van der Waals surface area contributed by atoms with E-state index in [-0.39, 0.29) is 24.2 Å². The first-order valence-electron chi connectivity index (χ1n) is 8.04. The van der Waals surface area contributed by atoms with Crippen molar-refractivity contribution in [2.75, 3.05) is 33.4 Å². The molecule has 0 N–H and O–H groups in total. The lowest BCUT2D eigenvalue weighted by Crippen LogP contribution is -2.67. The number of nitrogens with zero attached hydrogens (tertiary/aromatic N) is 2. The fraction of sp³-hybridized carbons (Fsp3) is 0.647. The van der Waals surface area contributed by atoms with Crippen molar-refractivity contribution in [2.45, 2.75) is 38.1 Å². The summed E-state index contributed by atoms with van der Waals surface area (Å²) in [5, 5.41) is 0. The van der Waals surface area contributed by atoms with Gasteiger partial charge in [-0.2, -0.15) is 0 Å². The number of pyridine rings is 1. The smallest absolute Gasteiger partial charge is 0.248 e. The fourth-order valence-corrected chi connectivity index (χ4v) is 3.24. The Morgan fingerprint density at radius 1 is 1.52 bits per heavy atom. The molecule has 1 amide bonds. The van der Waals surface area contributed by atoms with Crippen LogP contribution in [0, 0.1) is 6.92 Å². The predicted molar refractivity (Wildman–Crippen MR) is 83.9 cm³/mol. The highest BCUT2D eigenvalue weighted by molar-refractivity contribution is 5.78. The summed E-state index contributed by atoms with van der Waals surface area (Å²) in [5.74, 6) is 0.0238. The molecule has 23 heavy (non-hydrogen) atoms. The van der Waals surface area contributed by atoms with Gasteiger partial charge in [-0.1, -0.05) is 0 Å². The van der Waals surface area contributed by atoms with Gasteiger partial charge in [0.1, 0.15) is 12.2 Å². The first-order chi connectivity index (χ1) is 11.1. The Morgan fingerprint density at radius 3 is 3.09 bits per heavy atom. The van der Waals surface area contributed by atoms with Crippen molar-refractivity contribution in [3.8, 4) is 0 Å². The summed E-state index contributed by atoms with van der Waals surface area (Å²) in [6.07, 6.45) is 5.56. The van der Waals surface area contributed by atoms with E-state index in [2.05, 4.69) is 11.9 Å². The van der Waals surface area contributed by atoms with E-state index in [1.807, 2.05) is 12.3 Å². The summed E-state index contributed by atoms with van der Waals surface area (Å²) < 4.78 is 16.9. The van der Waals surface area contributed by atoms with E-state index >= 15 is 0 Å². The highest BCUT2D eigenvalue weighted by atomic mass is 16.5. The number of hydrogen-bond acceptors (Lipinski definition) is 5. The summed E-state index contributed by atoms with van der Waals surface area (Å²) in [6, 6.07) is 2.00. The van der Waals surface area contributed by atoms with Gasteiger partial charge >= 0.3 is 0 Å². The van der Waals surface area contributed by atoms with Gasteiger partial charge in [0.2, 0.25) is 5.91 Å². The summed E-state index contributed by atoms with van der Waals surface area (Å²) in [6.45, 7) is 4.74. The maximum absolute atomic E-state index is 11.8. The first kappa shape index (κ1) is 16.4. The molecule has 2 aliphatic rings. The fourth-order valence-electron chi connectivity index (χ4n) is 3.24. The molecule has 2 aliphatic heterocycles. The highest BCUT2D eigenvalue weighted by Crippen LogP contribution is 2.35. The number of ether oxygens (including phenoxy) is 3. The van der Waals surface area contributed by atoms with Crippen LogP contribution >= 0.6 is 0 Å². The normalized spacial score (nSPS) is 22.9. The molecule has 2 saturated heterocycles. The number of carbonyl (C=O) groups excluding carboxylic acids is 1. The van der Waals surface area contributed by atoms with Crippen LogP contribution in [-0.2, 0) is 25.6 Å². The number of methoxy groups -OCH3 is 1. The maximum Gasteiger partial charge on any atom is 0.248 e. The highest BCUT2D eigenvalue weighted by Gasteiger charge is 2.49. The Balaban J connectivity index is 1.50. The summed E-state index contributed by atoms with van der Waals surface area (Å²) >= 11 is 0. The van der Waals surface area contributed by atoms with Crippen LogP contribution in [0.1, 0.15) is 24.0 Å². The number of likely N-dealkylation sites (tertiary alicyclic amines) is 1. The van der Waals surface area contributed by atoms with Crippen molar-refractivity contribution in [2.24, 2.45) is 0 Å². The SMILES string of the molecule is COCC(=O)N1CC2(C[C@H](OCc3cnccc3C)CCO2)C1. The van der Waals surface area contributed by atoms with Crippen LogP contribution in [0.15, 0.2) is 18.5 Å². The minimum atomic E-state index is -0.226. The standard InChI is InChI=1S/C17H24N2O4/c1-13-3-5-18-8-14(13)9-22-15-4-6-23-17(7-15)11-19(12-17)16(20)10-21-2/h3,5,8,15H,4,6-7,9-12H2,1-2H3/t15-/m1/s1. The lowest BCUT2D eigenvalue weighted by molar-refractivity contribution is -0.203. The van der Waals surface area contributed by atoms with Crippen molar-refractivity contribution < 1.29 is 19.0 Å². The maximum atomic E-state index is 11.8. The zero-order valence-corrected chi connectivity index (χ0v) is 13.8. The molecule has 3 heterocycles. The van der Waals surface area contributed by atoms with Crippen molar-refractivity contribution in [3.63, 3.8) is 0 Å². The largest absolute Gasteiger partial charge is 0.375 e. The van der Waals surface area contributed by atoms with Crippen LogP contribution in [-0.4, -0.2) is 60.9 Å². The van der Waals surface area contributed by atoms with E-state index in [4.69, 9.17) is 14.2 Å². The summed E-state index contributed by atoms with van der Waals surface area (Å²) in [4.78, 5) is 17.7. The molecule has 0 aliphatic carbocycles. The molecule has 126 valence electrons. The quantitative estimate of drug-likeness (QED) is 0.819. The number of rotatable bonds is 5. The topological polar surface area (TPSA) is 60.9 Å². The molecule has 0 aromatic carbocycles. The second kappa shape index (κ2) is 6.95. The van der Waals surface area contributed by atoms with E-state index in [1.54, 1.807) is 11.1 Å². The van der Waals surface area contributed by atoms with E-state index in [1.165, 1.54) is 12.7 Å². The van der Waals surface area contributed by atoms with Crippen molar-refractivity contribution in [1.82, 2.24) is 9.88 Å². The Kier molecular flexibility index (Phi) is 4.94. The van der Waals surface area contributed by atoms with Crippen LogP contribution in [0.2, 0.25) is 0 Å². The Morgan fingerprint density at radius 2 is 2.35 bits per heavy atom. The Bertz CT molecular complexity index is 557. The van der Waals surface area contributed by atoms with Gasteiger partial charge in [0.25, 0.3) is 0 Å². The second-order valence-electron chi connectivity index (χ2n) is 6.44. The van der Waals surface area contributed by atoms with Gasteiger partial charge in [-0.15, -0.1) is 0 Å². The minimum Gasteiger partial charge on any atom is -0.375 e. The average Bonchev–Trinajstić information content (AvgIpc) is 2.52. The van der Waals surface area contributed by atoms with Gasteiger partial charge in [0.15, 0.2) is 0 Å². The molecule has 1 aromatic rings. The first-order valence-corrected chi connectivity index (χ1v) is 8.04. The molecule has 3 rings (SSSR count). The van der Waals surface area contributed by atoms with Crippen LogP contribution in [0.3, 0.4) is 0 Å². The van der Waals surface area contributed by atoms with Crippen LogP contribution in [0.4, 0.5) is 0 Å². The van der Waals surface area contributed by atoms with E-state index in [0.29, 0.717) is 26.3 Å². The molecule has 1 atom stereocenters. The molecule has 1 aromatic heterocycles. The third-order valence-electron chi connectivity index (χ3n) is 4.65. The molecule has 1 spiro atoms. The Hall–Kier alpha value is -1.50. The molecular weight excluding hydrogens is 296 g/mol. The van der Waals surface area contributed by atoms with Crippen LogP contribution in [0.25, 0.3) is 0 Å². The monoisotopic (exact) mass is 320 g/mol. The molecule has 6 nitrogen and oxygen atoms in total. The third-order valence-corrected chi connectivity index (χ3v) is 4.65. The Labute approximate surface area is 136 Å². The van der Waals surface area contributed by atoms with Crippen molar-refractivity contribution in [3.05, 3.63) is 29.6 Å². The molecule has 0 bridgehead atoms. The zero-order valence-electron chi connectivity index (χ0n) is 13.8. The molecule has 6 heteroatoms. The van der Waals surface area contributed by atoms with E-state index < -0.39 is 0 Å². The van der Waals surface area contributed by atoms with E-state index in [9.17, 15) is 4.79 Å². The van der Waals surface area contributed by atoms with Gasteiger partial charge in [0.05, 0.1) is 25.8 Å². The van der Waals surface area contributed by atoms with Gasteiger partial charge in [0, 0.05) is 32.5 Å². The molecule has 0 radical (unpaired) electrons. The lowest BCUT2D eigenvalue weighted by Gasteiger charge is -2.52. The van der Waals surface area contributed by atoms with Crippen molar-refractivity contribution >= 4 is 5.91 Å². The predicted octanol–water partition coefficient (Wildman–Crippen LogP) is 1.31. The van der Waals surface area contributed by atoms with Gasteiger partial charge in [-0.3, -0.25) is 9.78 Å². The molecular formula is C17H24N2O4. The van der Waals surface area contributed by atoms with Gasteiger partial charge in [-0.25, -0.2) is 0 Å². The van der Waals surface area contributed by atoms with Crippen LogP contribution in [0.5, 0.6) is 0 Å². The summed E-state index contributed by atoms with van der Waals surface area (Å²) in [5.41, 5.74) is 2.09.